The molecular weight excluding hydrogens is 233 g/mol. The van der Waals surface area contributed by atoms with Crippen LogP contribution in [0.4, 0.5) is 0 Å². The van der Waals surface area contributed by atoms with Gasteiger partial charge in [-0.1, -0.05) is 18.2 Å². The Bertz CT molecular complexity index is 458. The first-order chi connectivity index (χ1) is 8.12. The molecule has 2 rings (SSSR count). The Morgan fingerprint density at radius 2 is 2.12 bits per heavy atom. The van der Waals surface area contributed by atoms with Crippen LogP contribution in [0.15, 0.2) is 35.3 Å². The molecule has 2 atom stereocenters. The Balaban J connectivity index is 2.47. The second-order valence-corrected chi connectivity index (χ2v) is 7.21. The van der Waals surface area contributed by atoms with Crippen LogP contribution in [0.2, 0.25) is 0 Å². The molecule has 0 spiro atoms. The van der Waals surface area contributed by atoms with Crippen LogP contribution in [-0.4, -0.2) is 18.1 Å². The fourth-order valence-electron chi connectivity index (χ4n) is 2.18. The Morgan fingerprint density at radius 3 is 2.65 bits per heavy atom. The lowest BCUT2D eigenvalue weighted by molar-refractivity contribution is 0.319. The van der Waals surface area contributed by atoms with Gasteiger partial charge < -0.3 is 4.52 Å². The third kappa shape index (κ3) is 2.10. The van der Waals surface area contributed by atoms with E-state index in [-0.39, 0.29) is 0 Å². The van der Waals surface area contributed by atoms with E-state index in [1.165, 1.54) is 0 Å². The summed E-state index contributed by atoms with van der Waals surface area (Å²) in [6.07, 6.45) is 3.52. The average molecular weight is 251 g/mol. The fourth-order valence-corrected chi connectivity index (χ4v) is 4.75. The highest BCUT2D eigenvalue weighted by molar-refractivity contribution is 7.68. The van der Waals surface area contributed by atoms with E-state index in [0.717, 1.165) is 18.1 Å². The van der Waals surface area contributed by atoms with E-state index < -0.39 is 12.6 Å². The lowest BCUT2D eigenvalue weighted by atomic mass is 10.2. The summed E-state index contributed by atoms with van der Waals surface area (Å²) in [7, 11) is -2.93. The third-order valence-electron chi connectivity index (χ3n) is 3.16. The van der Waals surface area contributed by atoms with Crippen molar-refractivity contribution in [2.75, 3.05) is 6.61 Å². The van der Waals surface area contributed by atoms with Gasteiger partial charge in [0.25, 0.3) is 7.37 Å². The molecule has 0 aliphatic carbocycles. The van der Waals surface area contributed by atoms with Crippen molar-refractivity contribution < 1.29 is 9.09 Å². The molecule has 1 aromatic rings. The first-order valence-corrected chi connectivity index (χ1v) is 7.59. The van der Waals surface area contributed by atoms with Gasteiger partial charge in [0, 0.05) is 11.5 Å². The summed E-state index contributed by atoms with van der Waals surface area (Å²) in [4.78, 5) is 4.42. The maximum Gasteiger partial charge on any atom is 0.258 e. The van der Waals surface area contributed by atoms with Gasteiger partial charge in [-0.2, -0.15) is 0 Å². The Kier molecular flexibility index (Phi) is 3.50. The van der Waals surface area contributed by atoms with Gasteiger partial charge in [-0.3, -0.25) is 9.56 Å². The zero-order valence-electron chi connectivity index (χ0n) is 10.3. The lowest BCUT2D eigenvalue weighted by Crippen LogP contribution is -2.27. The predicted molar refractivity (Wildman–Crippen MR) is 71.4 cm³/mol. The van der Waals surface area contributed by atoms with Crippen molar-refractivity contribution in [3.8, 4) is 0 Å². The zero-order valence-corrected chi connectivity index (χ0v) is 11.2. The molecule has 3 nitrogen and oxygen atoms in total. The normalized spacial score (nSPS) is 26.9. The van der Waals surface area contributed by atoms with Crippen LogP contribution in [0, 0.1) is 0 Å². The number of hydrogen-bond donors (Lipinski definition) is 0. The molecule has 0 bridgehead atoms. The van der Waals surface area contributed by atoms with Crippen molar-refractivity contribution in [1.82, 2.24) is 0 Å². The van der Waals surface area contributed by atoms with Crippen molar-refractivity contribution in [3.05, 3.63) is 30.3 Å². The highest BCUT2D eigenvalue weighted by Gasteiger charge is 2.47. The number of nitrogens with zero attached hydrogens (tertiary/aromatic N) is 1. The predicted octanol–water partition coefficient (Wildman–Crippen LogP) is 3.21. The molecular formula is C13H18NO2P. The van der Waals surface area contributed by atoms with Gasteiger partial charge in [0.1, 0.15) is 5.28 Å². The molecule has 0 aromatic heterocycles. The average Bonchev–Trinajstić information content (AvgIpc) is 2.79. The second kappa shape index (κ2) is 4.75. The molecule has 1 aliphatic heterocycles. The van der Waals surface area contributed by atoms with Crippen LogP contribution in [0.3, 0.4) is 0 Å². The van der Waals surface area contributed by atoms with Crippen LogP contribution in [0.1, 0.15) is 26.7 Å². The van der Waals surface area contributed by atoms with Gasteiger partial charge in [-0.25, -0.2) is 0 Å². The van der Waals surface area contributed by atoms with E-state index >= 15 is 0 Å². The van der Waals surface area contributed by atoms with Gasteiger partial charge in [0.15, 0.2) is 0 Å². The topological polar surface area (TPSA) is 38.7 Å². The Morgan fingerprint density at radius 1 is 1.41 bits per heavy atom. The van der Waals surface area contributed by atoms with Crippen LogP contribution in [0.5, 0.6) is 0 Å². The van der Waals surface area contributed by atoms with E-state index in [1.54, 1.807) is 0 Å². The Hall–Kier alpha value is -0.920. The summed E-state index contributed by atoms with van der Waals surface area (Å²) >= 11 is 0. The summed E-state index contributed by atoms with van der Waals surface area (Å²) in [5, 5.41) is 0.174. The minimum Gasteiger partial charge on any atom is -0.324 e. The smallest absolute Gasteiger partial charge is 0.258 e. The first kappa shape index (κ1) is 12.5. The molecule has 4 heteroatoms. The van der Waals surface area contributed by atoms with Gasteiger partial charge in [-0.05, 0) is 38.8 Å². The summed E-state index contributed by atoms with van der Waals surface area (Å²) in [5.41, 5.74) is 0. The van der Waals surface area contributed by atoms with Gasteiger partial charge in [0.2, 0.25) is 0 Å². The molecule has 1 heterocycles. The number of hydrogen-bond acceptors (Lipinski definition) is 3. The minimum atomic E-state index is -2.93. The molecule has 1 aliphatic rings. The monoisotopic (exact) mass is 251 g/mol. The quantitative estimate of drug-likeness (QED) is 0.771. The van der Waals surface area contributed by atoms with Crippen LogP contribution in [-0.2, 0) is 9.09 Å². The molecule has 0 amide bonds. The van der Waals surface area contributed by atoms with E-state index in [1.807, 2.05) is 50.4 Å². The molecule has 0 fully saturated rings. The molecule has 17 heavy (non-hydrogen) atoms. The Labute approximate surface area is 102 Å². The summed E-state index contributed by atoms with van der Waals surface area (Å²) in [5.74, 6) is 0. The van der Waals surface area contributed by atoms with Gasteiger partial charge in [0.05, 0.1) is 6.61 Å². The third-order valence-corrected chi connectivity index (χ3v) is 6.36. The fraction of sp³-hybridized carbons (Fsp3) is 0.462. The largest absolute Gasteiger partial charge is 0.324 e. The van der Waals surface area contributed by atoms with Crippen molar-refractivity contribution in [3.63, 3.8) is 0 Å². The summed E-state index contributed by atoms with van der Waals surface area (Å²) < 4.78 is 18.8. The molecule has 0 radical (unpaired) electrons. The van der Waals surface area contributed by atoms with Crippen LogP contribution >= 0.6 is 7.37 Å². The highest BCUT2D eigenvalue weighted by atomic mass is 31.2. The number of benzene rings is 1. The van der Waals surface area contributed by atoms with Crippen molar-refractivity contribution >= 4 is 18.9 Å². The maximum absolute atomic E-state index is 13.2. The van der Waals surface area contributed by atoms with Gasteiger partial charge >= 0.3 is 0 Å². The van der Waals surface area contributed by atoms with Crippen molar-refractivity contribution in [1.29, 1.82) is 0 Å². The van der Waals surface area contributed by atoms with Crippen LogP contribution < -0.4 is 5.30 Å². The maximum atomic E-state index is 13.2. The zero-order chi connectivity index (χ0) is 12.4. The van der Waals surface area contributed by atoms with Crippen molar-refractivity contribution in [2.45, 2.75) is 32.0 Å². The van der Waals surface area contributed by atoms with E-state index in [2.05, 4.69) is 4.99 Å². The van der Waals surface area contributed by atoms with Gasteiger partial charge in [-0.15, -0.1) is 0 Å². The first-order valence-electron chi connectivity index (χ1n) is 5.96. The molecule has 92 valence electrons. The minimum absolute atomic E-state index is 0.442. The number of aliphatic imine (C=N–C) groups is 1. The molecule has 0 saturated carbocycles. The van der Waals surface area contributed by atoms with E-state index in [0.29, 0.717) is 6.61 Å². The lowest BCUT2D eigenvalue weighted by Gasteiger charge is -2.31. The summed E-state index contributed by atoms with van der Waals surface area (Å²) in [6, 6.07) is 9.44. The van der Waals surface area contributed by atoms with E-state index in [4.69, 9.17) is 4.52 Å². The standard InChI is InChI=1S/C13H18NO2P/c1-3-16-17(15,12-8-5-4-6-9-12)13(2)10-7-11-14-13/h4-6,8-9,11H,3,7,10H2,1-2H3. The molecule has 1 aromatic carbocycles. The molecule has 2 unspecified atom stereocenters. The number of rotatable bonds is 4. The molecule has 0 N–H and O–H groups in total. The van der Waals surface area contributed by atoms with E-state index in [9.17, 15) is 4.57 Å². The van der Waals surface area contributed by atoms with Crippen LogP contribution in [0.25, 0.3) is 0 Å². The van der Waals surface area contributed by atoms with Crippen molar-refractivity contribution in [2.24, 2.45) is 4.99 Å². The SMILES string of the molecule is CCOP(=O)(c1ccccc1)C1(C)CCC=N1. The highest BCUT2D eigenvalue weighted by Crippen LogP contribution is 2.61. The second-order valence-electron chi connectivity index (χ2n) is 4.37. The molecule has 0 saturated heterocycles. The summed E-state index contributed by atoms with van der Waals surface area (Å²) in [6.45, 7) is 4.24.